The summed E-state index contributed by atoms with van der Waals surface area (Å²) in [6, 6.07) is 7.63. The molecule has 3 aromatic rings. The molecule has 1 saturated heterocycles. The third-order valence-electron chi connectivity index (χ3n) is 4.91. The zero-order valence-corrected chi connectivity index (χ0v) is 16.7. The Kier molecular flexibility index (Phi) is 5.78. The highest BCUT2D eigenvalue weighted by Crippen LogP contribution is 2.25. The minimum atomic E-state index is -0.150. The van der Waals surface area contributed by atoms with Crippen LogP contribution in [0, 0.1) is 0 Å². The molecule has 146 valence electrons. The van der Waals surface area contributed by atoms with Gasteiger partial charge in [0.2, 0.25) is 5.95 Å². The van der Waals surface area contributed by atoms with Crippen LogP contribution in [-0.4, -0.2) is 51.9 Å². The van der Waals surface area contributed by atoms with Crippen LogP contribution >= 0.6 is 11.3 Å². The van der Waals surface area contributed by atoms with Crippen molar-refractivity contribution in [3.63, 3.8) is 0 Å². The maximum atomic E-state index is 12.8. The Morgan fingerprint density at radius 3 is 2.89 bits per heavy atom. The second kappa shape index (κ2) is 8.62. The first-order valence-corrected chi connectivity index (χ1v) is 10.5. The van der Waals surface area contributed by atoms with Gasteiger partial charge in [-0.15, -0.1) is 11.3 Å². The molecular formula is C20H24N6OS. The van der Waals surface area contributed by atoms with Gasteiger partial charge >= 0.3 is 0 Å². The van der Waals surface area contributed by atoms with Crippen LogP contribution in [0.3, 0.4) is 0 Å². The molecule has 7 nitrogen and oxygen atoms in total. The number of aromatic nitrogens is 3. The standard InChI is InChI=1S/C20H24N6OS/c1-14(15-6-2-3-8-21-15)23-20-24-16-7-13-28-18(16)17(25-20)19(27)22-9-12-26-10-4-5-11-26/h2-3,6-8,13-14H,4-5,9-12H2,1H3,(H,22,27)(H,23,24,25)/t14-/m0/s1. The molecule has 0 saturated carbocycles. The highest BCUT2D eigenvalue weighted by Gasteiger charge is 2.18. The Labute approximate surface area is 168 Å². The number of nitrogens with zero attached hydrogens (tertiary/aromatic N) is 4. The molecule has 1 aliphatic heterocycles. The maximum absolute atomic E-state index is 12.8. The fraction of sp³-hybridized carbons (Fsp3) is 0.400. The first-order chi connectivity index (χ1) is 13.7. The minimum absolute atomic E-state index is 0.0663. The predicted molar refractivity (Wildman–Crippen MR) is 112 cm³/mol. The fourth-order valence-electron chi connectivity index (χ4n) is 3.40. The summed E-state index contributed by atoms with van der Waals surface area (Å²) >= 11 is 1.49. The number of rotatable bonds is 7. The number of amides is 1. The van der Waals surface area contributed by atoms with Crippen molar-refractivity contribution in [2.75, 3.05) is 31.5 Å². The highest BCUT2D eigenvalue weighted by atomic mass is 32.1. The smallest absolute Gasteiger partial charge is 0.271 e. The zero-order chi connectivity index (χ0) is 19.3. The Balaban J connectivity index is 1.49. The van der Waals surface area contributed by atoms with Crippen LogP contribution in [0.4, 0.5) is 5.95 Å². The van der Waals surface area contributed by atoms with Gasteiger partial charge in [-0.1, -0.05) is 6.07 Å². The average Bonchev–Trinajstić information content (AvgIpc) is 3.39. The summed E-state index contributed by atoms with van der Waals surface area (Å²) in [5.74, 6) is 0.288. The number of carbonyl (C=O) groups excluding carboxylic acids is 1. The van der Waals surface area contributed by atoms with Crippen molar-refractivity contribution in [3.8, 4) is 0 Å². The van der Waals surface area contributed by atoms with Crippen LogP contribution in [0.15, 0.2) is 35.8 Å². The molecule has 3 aromatic heterocycles. The zero-order valence-electron chi connectivity index (χ0n) is 15.9. The Bertz CT molecular complexity index is 938. The highest BCUT2D eigenvalue weighted by molar-refractivity contribution is 7.17. The molecule has 0 bridgehead atoms. The topological polar surface area (TPSA) is 83.0 Å². The first-order valence-electron chi connectivity index (χ1n) is 9.64. The van der Waals surface area contributed by atoms with Gasteiger partial charge in [0.25, 0.3) is 5.91 Å². The van der Waals surface area contributed by atoms with E-state index in [0.29, 0.717) is 18.2 Å². The molecule has 1 aliphatic rings. The molecule has 4 heterocycles. The van der Waals surface area contributed by atoms with Crippen molar-refractivity contribution in [1.82, 2.24) is 25.2 Å². The number of fused-ring (bicyclic) bond motifs is 1. The number of thiophene rings is 1. The molecule has 0 spiro atoms. The van der Waals surface area contributed by atoms with E-state index in [0.717, 1.165) is 35.5 Å². The van der Waals surface area contributed by atoms with Crippen molar-refractivity contribution in [1.29, 1.82) is 0 Å². The number of likely N-dealkylation sites (tertiary alicyclic amines) is 1. The van der Waals surface area contributed by atoms with Gasteiger partial charge in [-0.25, -0.2) is 9.97 Å². The third-order valence-corrected chi connectivity index (χ3v) is 5.82. The number of anilines is 1. The fourth-order valence-corrected chi connectivity index (χ4v) is 4.22. The lowest BCUT2D eigenvalue weighted by molar-refractivity contribution is 0.0947. The molecule has 8 heteroatoms. The van der Waals surface area contributed by atoms with E-state index in [2.05, 4.69) is 30.5 Å². The first kappa shape index (κ1) is 18.8. The molecule has 0 aromatic carbocycles. The summed E-state index contributed by atoms with van der Waals surface area (Å²) in [5.41, 5.74) is 2.10. The quantitative estimate of drug-likeness (QED) is 0.639. The van der Waals surface area contributed by atoms with Gasteiger partial charge in [0.05, 0.1) is 22.0 Å². The Morgan fingerprint density at radius 2 is 2.11 bits per heavy atom. The molecule has 0 unspecified atom stereocenters. The van der Waals surface area contributed by atoms with Crippen LogP contribution in [0.25, 0.3) is 10.2 Å². The van der Waals surface area contributed by atoms with Gasteiger partial charge in [0.15, 0.2) is 5.69 Å². The van der Waals surface area contributed by atoms with E-state index in [1.54, 1.807) is 6.20 Å². The molecule has 1 amide bonds. The molecule has 2 N–H and O–H groups in total. The summed E-state index contributed by atoms with van der Waals surface area (Å²) in [4.78, 5) is 28.6. The molecule has 1 atom stereocenters. The van der Waals surface area contributed by atoms with E-state index in [1.165, 1.54) is 24.2 Å². The minimum Gasteiger partial charge on any atom is -0.349 e. The van der Waals surface area contributed by atoms with Crippen molar-refractivity contribution in [2.45, 2.75) is 25.8 Å². The number of pyridine rings is 1. The summed E-state index contributed by atoms with van der Waals surface area (Å²) in [6.07, 6.45) is 4.26. The SMILES string of the molecule is C[C@H](Nc1nc(C(=O)NCCN2CCCC2)c2sccc2n1)c1ccccn1. The van der Waals surface area contributed by atoms with Gasteiger partial charge in [-0.05, 0) is 56.4 Å². The average molecular weight is 397 g/mol. The van der Waals surface area contributed by atoms with E-state index >= 15 is 0 Å². The van der Waals surface area contributed by atoms with Crippen molar-refractivity contribution in [3.05, 3.63) is 47.2 Å². The molecule has 0 aliphatic carbocycles. The lowest BCUT2D eigenvalue weighted by Crippen LogP contribution is -2.34. The van der Waals surface area contributed by atoms with Gasteiger partial charge in [0, 0.05) is 19.3 Å². The van der Waals surface area contributed by atoms with Gasteiger partial charge in [-0.3, -0.25) is 9.78 Å². The van der Waals surface area contributed by atoms with E-state index in [9.17, 15) is 4.79 Å². The van der Waals surface area contributed by atoms with Crippen LogP contribution < -0.4 is 10.6 Å². The van der Waals surface area contributed by atoms with Crippen molar-refractivity contribution in [2.24, 2.45) is 0 Å². The lowest BCUT2D eigenvalue weighted by Gasteiger charge is -2.16. The number of hydrogen-bond donors (Lipinski definition) is 2. The van der Waals surface area contributed by atoms with E-state index < -0.39 is 0 Å². The normalized spacial score (nSPS) is 15.6. The van der Waals surface area contributed by atoms with Crippen molar-refractivity contribution < 1.29 is 4.79 Å². The summed E-state index contributed by atoms with van der Waals surface area (Å²) in [6.45, 7) is 5.75. The summed E-state index contributed by atoms with van der Waals surface area (Å²) in [7, 11) is 0. The van der Waals surface area contributed by atoms with Gasteiger partial charge in [-0.2, -0.15) is 0 Å². The van der Waals surface area contributed by atoms with E-state index in [1.807, 2.05) is 36.6 Å². The number of carbonyl (C=O) groups is 1. The Hall–Kier alpha value is -2.58. The molecule has 1 fully saturated rings. The van der Waals surface area contributed by atoms with Crippen LogP contribution in [0.2, 0.25) is 0 Å². The molecule has 0 radical (unpaired) electrons. The molecule has 28 heavy (non-hydrogen) atoms. The van der Waals surface area contributed by atoms with Gasteiger partial charge in [0.1, 0.15) is 0 Å². The third kappa shape index (κ3) is 4.28. The summed E-state index contributed by atoms with van der Waals surface area (Å²) in [5, 5.41) is 8.22. The summed E-state index contributed by atoms with van der Waals surface area (Å²) < 4.78 is 0.815. The van der Waals surface area contributed by atoms with Crippen LogP contribution in [0.1, 0.15) is 42.0 Å². The lowest BCUT2D eigenvalue weighted by atomic mass is 10.2. The Morgan fingerprint density at radius 1 is 1.25 bits per heavy atom. The number of nitrogens with one attached hydrogen (secondary N) is 2. The molecule has 4 rings (SSSR count). The van der Waals surface area contributed by atoms with Crippen LogP contribution in [-0.2, 0) is 0 Å². The second-order valence-electron chi connectivity index (χ2n) is 6.96. The molecular weight excluding hydrogens is 372 g/mol. The van der Waals surface area contributed by atoms with Crippen molar-refractivity contribution >= 4 is 33.4 Å². The van der Waals surface area contributed by atoms with Crippen LogP contribution in [0.5, 0.6) is 0 Å². The maximum Gasteiger partial charge on any atom is 0.271 e. The van der Waals surface area contributed by atoms with E-state index in [4.69, 9.17) is 0 Å². The van der Waals surface area contributed by atoms with Gasteiger partial charge < -0.3 is 15.5 Å². The predicted octanol–water partition coefficient (Wildman–Crippen LogP) is 3.09. The largest absolute Gasteiger partial charge is 0.349 e. The second-order valence-corrected chi connectivity index (χ2v) is 7.87. The van der Waals surface area contributed by atoms with E-state index in [-0.39, 0.29) is 11.9 Å². The number of hydrogen-bond acceptors (Lipinski definition) is 7. The monoisotopic (exact) mass is 396 g/mol.